The Labute approximate surface area is 246 Å². The molecule has 5 rings (SSSR count). The van der Waals surface area contributed by atoms with E-state index in [9.17, 15) is 19.2 Å². The first-order valence-corrected chi connectivity index (χ1v) is 13.4. The number of para-hydroxylation sites is 1. The fourth-order valence-electron chi connectivity index (χ4n) is 4.18. The van der Waals surface area contributed by atoms with Crippen molar-refractivity contribution in [3.63, 3.8) is 0 Å². The van der Waals surface area contributed by atoms with Crippen LogP contribution in [0.4, 0.5) is 28.4 Å². The van der Waals surface area contributed by atoms with Crippen molar-refractivity contribution in [2.45, 2.75) is 6.92 Å². The minimum absolute atomic E-state index is 0.0995. The van der Waals surface area contributed by atoms with E-state index >= 15 is 0 Å². The number of esters is 1. The van der Waals surface area contributed by atoms with Crippen LogP contribution < -0.4 is 20.9 Å². The number of nitrogens with zero attached hydrogens (tertiary/aromatic N) is 1. The third kappa shape index (κ3) is 6.16. The number of benzene rings is 4. The fraction of sp³-hybridized carbons (Fsp3) is 0.0625. The van der Waals surface area contributed by atoms with Gasteiger partial charge in [-0.15, -0.1) is 0 Å². The number of anilines is 5. The number of nitrogens with one attached hydrogen (secondary N) is 3. The summed E-state index contributed by atoms with van der Waals surface area (Å²) in [6.45, 7) is 1.93. The van der Waals surface area contributed by atoms with Gasteiger partial charge in [0.2, 0.25) is 0 Å². The molecule has 0 spiro atoms. The summed E-state index contributed by atoms with van der Waals surface area (Å²) in [5.41, 5.74) is 3.76. The van der Waals surface area contributed by atoms with Crippen LogP contribution >= 0.6 is 11.6 Å². The van der Waals surface area contributed by atoms with E-state index in [-0.39, 0.29) is 28.9 Å². The molecule has 4 aromatic rings. The Morgan fingerprint density at radius 3 is 1.88 bits per heavy atom. The number of carbonyl (C=O) groups is 4. The molecule has 3 amide bonds. The average molecular weight is 581 g/mol. The number of amides is 3. The normalized spacial score (nSPS) is 12.8. The maximum atomic E-state index is 13.1. The molecule has 10 heteroatoms. The maximum Gasteiger partial charge on any atom is 0.338 e. The molecule has 42 heavy (non-hydrogen) atoms. The van der Waals surface area contributed by atoms with Gasteiger partial charge in [-0.2, -0.15) is 0 Å². The average Bonchev–Trinajstić information content (AvgIpc) is 3.22. The second-order valence-electron chi connectivity index (χ2n) is 9.13. The molecule has 0 saturated carbocycles. The van der Waals surface area contributed by atoms with Gasteiger partial charge in [0.1, 0.15) is 10.7 Å². The van der Waals surface area contributed by atoms with Gasteiger partial charge in [-0.3, -0.25) is 14.4 Å². The molecule has 4 aromatic carbocycles. The Morgan fingerprint density at radius 1 is 0.690 bits per heavy atom. The van der Waals surface area contributed by atoms with Crippen molar-refractivity contribution in [2.75, 3.05) is 27.5 Å². The van der Waals surface area contributed by atoms with E-state index in [4.69, 9.17) is 16.3 Å². The minimum atomic E-state index is -0.700. The third-order valence-corrected chi connectivity index (χ3v) is 6.64. The molecular formula is C32H25ClN4O5. The van der Waals surface area contributed by atoms with Crippen molar-refractivity contribution in [1.82, 2.24) is 0 Å². The van der Waals surface area contributed by atoms with Gasteiger partial charge in [0, 0.05) is 28.3 Å². The molecule has 0 aliphatic carbocycles. The first-order chi connectivity index (χ1) is 20.3. The van der Waals surface area contributed by atoms with E-state index in [1.54, 1.807) is 43.3 Å². The highest BCUT2D eigenvalue weighted by Crippen LogP contribution is 2.30. The maximum absolute atomic E-state index is 13.1. The zero-order valence-electron chi connectivity index (χ0n) is 22.4. The summed E-state index contributed by atoms with van der Waals surface area (Å²) in [4.78, 5) is 51.5. The lowest BCUT2D eigenvalue weighted by Gasteiger charge is -2.15. The SMILES string of the molecule is CCOC(=O)c1ccc(N2C(=O)C(Cl)=C(Nc3ccc(C(=O)Nc4ccc(Nc5ccccc5)cc4)cc3)C2=O)cc1. The number of hydrogen-bond acceptors (Lipinski definition) is 7. The van der Waals surface area contributed by atoms with Gasteiger partial charge in [-0.1, -0.05) is 29.8 Å². The lowest BCUT2D eigenvalue weighted by Crippen LogP contribution is -2.32. The Hall–Kier alpha value is -5.41. The molecule has 3 N–H and O–H groups in total. The second-order valence-corrected chi connectivity index (χ2v) is 9.50. The summed E-state index contributed by atoms with van der Waals surface area (Å²) in [6.07, 6.45) is 0. The highest BCUT2D eigenvalue weighted by atomic mass is 35.5. The molecule has 210 valence electrons. The first kappa shape index (κ1) is 28.1. The van der Waals surface area contributed by atoms with E-state index in [2.05, 4.69) is 16.0 Å². The van der Waals surface area contributed by atoms with Gasteiger partial charge in [0.05, 0.1) is 17.9 Å². The highest BCUT2D eigenvalue weighted by molar-refractivity contribution is 6.53. The lowest BCUT2D eigenvalue weighted by atomic mass is 10.1. The summed E-state index contributed by atoms with van der Waals surface area (Å²) >= 11 is 6.23. The molecule has 0 unspecified atom stereocenters. The van der Waals surface area contributed by atoms with E-state index in [1.165, 1.54) is 24.3 Å². The number of carbonyl (C=O) groups excluding carboxylic acids is 4. The fourth-order valence-corrected chi connectivity index (χ4v) is 4.40. The zero-order chi connectivity index (χ0) is 29.6. The predicted octanol–water partition coefficient (Wildman–Crippen LogP) is 6.29. The summed E-state index contributed by atoms with van der Waals surface area (Å²) < 4.78 is 4.96. The summed E-state index contributed by atoms with van der Waals surface area (Å²) in [5, 5.41) is 8.74. The molecule has 0 atom stereocenters. The monoisotopic (exact) mass is 580 g/mol. The summed E-state index contributed by atoms with van der Waals surface area (Å²) in [5.74, 6) is -2.17. The molecule has 1 aliphatic rings. The summed E-state index contributed by atoms with van der Waals surface area (Å²) in [6, 6.07) is 29.3. The van der Waals surface area contributed by atoms with Crippen molar-refractivity contribution in [3.8, 4) is 0 Å². The highest BCUT2D eigenvalue weighted by Gasteiger charge is 2.39. The molecule has 0 bridgehead atoms. The molecule has 1 aliphatic heterocycles. The van der Waals surface area contributed by atoms with Crippen LogP contribution in [-0.4, -0.2) is 30.3 Å². The van der Waals surface area contributed by atoms with Crippen LogP contribution in [0.1, 0.15) is 27.6 Å². The third-order valence-electron chi connectivity index (χ3n) is 6.29. The van der Waals surface area contributed by atoms with Crippen molar-refractivity contribution in [1.29, 1.82) is 0 Å². The molecule has 1 heterocycles. The van der Waals surface area contributed by atoms with Crippen LogP contribution in [0, 0.1) is 0 Å². The van der Waals surface area contributed by atoms with Gasteiger partial charge in [-0.25, -0.2) is 9.69 Å². The Morgan fingerprint density at radius 2 is 1.24 bits per heavy atom. The zero-order valence-corrected chi connectivity index (χ0v) is 23.1. The molecule has 0 aromatic heterocycles. The van der Waals surface area contributed by atoms with Crippen LogP contribution in [0.25, 0.3) is 0 Å². The van der Waals surface area contributed by atoms with Crippen molar-refractivity contribution < 1.29 is 23.9 Å². The van der Waals surface area contributed by atoms with Crippen molar-refractivity contribution in [2.24, 2.45) is 0 Å². The largest absolute Gasteiger partial charge is 0.462 e. The quantitative estimate of drug-likeness (QED) is 0.157. The van der Waals surface area contributed by atoms with Crippen LogP contribution in [-0.2, 0) is 14.3 Å². The molecule has 0 radical (unpaired) electrons. The number of hydrogen-bond donors (Lipinski definition) is 3. The van der Waals surface area contributed by atoms with Crippen LogP contribution in [0.15, 0.2) is 114 Å². The molecular weight excluding hydrogens is 556 g/mol. The van der Waals surface area contributed by atoms with Gasteiger partial charge >= 0.3 is 5.97 Å². The number of halogens is 1. The molecule has 0 fully saturated rings. The Bertz CT molecular complexity index is 1670. The van der Waals surface area contributed by atoms with E-state index in [1.807, 2.05) is 42.5 Å². The second kappa shape index (κ2) is 12.4. The predicted molar refractivity (Wildman–Crippen MR) is 162 cm³/mol. The number of rotatable bonds is 9. The van der Waals surface area contributed by atoms with Gasteiger partial charge in [-0.05, 0) is 91.9 Å². The van der Waals surface area contributed by atoms with E-state index in [0.29, 0.717) is 22.5 Å². The lowest BCUT2D eigenvalue weighted by molar-refractivity contribution is -0.120. The minimum Gasteiger partial charge on any atom is -0.462 e. The topological polar surface area (TPSA) is 117 Å². The molecule has 0 saturated heterocycles. The van der Waals surface area contributed by atoms with Gasteiger partial charge in [0.15, 0.2) is 0 Å². The van der Waals surface area contributed by atoms with Crippen molar-refractivity contribution in [3.05, 3.63) is 125 Å². The summed E-state index contributed by atoms with van der Waals surface area (Å²) in [7, 11) is 0. The van der Waals surface area contributed by atoms with Gasteiger partial charge in [0.25, 0.3) is 17.7 Å². The smallest absolute Gasteiger partial charge is 0.338 e. The van der Waals surface area contributed by atoms with E-state index < -0.39 is 17.8 Å². The Kier molecular flexibility index (Phi) is 8.31. The van der Waals surface area contributed by atoms with Crippen LogP contribution in [0.2, 0.25) is 0 Å². The number of imide groups is 1. The Balaban J connectivity index is 1.21. The van der Waals surface area contributed by atoms with E-state index in [0.717, 1.165) is 16.3 Å². The first-order valence-electron chi connectivity index (χ1n) is 13.0. The van der Waals surface area contributed by atoms with Crippen LogP contribution in [0.3, 0.4) is 0 Å². The number of ether oxygens (including phenoxy) is 1. The van der Waals surface area contributed by atoms with Gasteiger partial charge < -0.3 is 20.7 Å². The standard InChI is InChI=1S/C32H25ClN4O5/c1-2-42-32(41)21-10-18-26(19-11-21)37-30(39)27(33)28(31(37)40)35-24-12-8-20(9-13-24)29(38)36-25-16-14-23(15-17-25)34-22-6-4-3-5-7-22/h3-19,34-35H,2H2,1H3,(H,36,38). The van der Waals surface area contributed by atoms with Crippen molar-refractivity contribution >= 4 is 63.7 Å². The van der Waals surface area contributed by atoms with Crippen LogP contribution in [0.5, 0.6) is 0 Å². The molecule has 9 nitrogen and oxygen atoms in total.